The second-order valence-electron chi connectivity index (χ2n) is 8.15. The van der Waals surface area contributed by atoms with Crippen molar-refractivity contribution in [2.75, 3.05) is 39.8 Å². The Morgan fingerprint density at radius 3 is 2.24 bits per heavy atom. The lowest BCUT2D eigenvalue weighted by Gasteiger charge is -2.38. The maximum absolute atomic E-state index is 13.0. The Hall–Kier alpha value is -2.42. The Morgan fingerprint density at radius 2 is 1.58 bits per heavy atom. The van der Waals surface area contributed by atoms with Gasteiger partial charge < -0.3 is 9.64 Å². The summed E-state index contributed by atoms with van der Waals surface area (Å²) in [6.07, 6.45) is 0. The molecule has 174 valence electrons. The van der Waals surface area contributed by atoms with Crippen LogP contribution in [0.15, 0.2) is 83.8 Å². The number of para-hydroxylation sites is 1. The summed E-state index contributed by atoms with van der Waals surface area (Å²) in [5.41, 5.74) is 1.00. The molecule has 3 aromatic carbocycles. The van der Waals surface area contributed by atoms with Crippen molar-refractivity contribution in [3.05, 3.63) is 89.4 Å². The Balaban J connectivity index is 1.47. The number of halogens is 1. The molecule has 0 amide bonds. The zero-order chi connectivity index (χ0) is 23.3. The van der Waals surface area contributed by atoms with Crippen molar-refractivity contribution >= 4 is 21.6 Å². The molecule has 1 fully saturated rings. The number of hydrogen-bond donors (Lipinski definition) is 1. The summed E-state index contributed by atoms with van der Waals surface area (Å²) >= 11 is 6.23. The molecule has 1 aliphatic rings. The van der Waals surface area contributed by atoms with Crippen molar-refractivity contribution < 1.29 is 13.2 Å². The average Bonchev–Trinajstić information content (AvgIpc) is 2.81. The minimum atomic E-state index is -3.69. The van der Waals surface area contributed by atoms with E-state index in [-0.39, 0.29) is 17.5 Å². The highest BCUT2D eigenvalue weighted by Crippen LogP contribution is 2.26. The van der Waals surface area contributed by atoms with Gasteiger partial charge in [0.25, 0.3) is 0 Å². The topological polar surface area (TPSA) is 61.9 Å². The third-order valence-corrected chi connectivity index (χ3v) is 7.47. The molecule has 1 saturated heterocycles. The Bertz CT molecular complexity index is 1150. The van der Waals surface area contributed by atoms with Crippen LogP contribution in [0.2, 0.25) is 5.02 Å². The van der Waals surface area contributed by atoms with Crippen LogP contribution in [0.5, 0.6) is 11.5 Å². The minimum absolute atomic E-state index is 0.104. The number of nitrogens with one attached hydrogen (secondary N) is 1. The Morgan fingerprint density at radius 1 is 0.909 bits per heavy atom. The molecular formula is C25H28ClN3O3S. The van der Waals surface area contributed by atoms with Crippen LogP contribution in [0.1, 0.15) is 11.6 Å². The molecule has 1 N–H and O–H groups in total. The molecule has 4 rings (SSSR count). The molecule has 8 heteroatoms. The number of benzene rings is 3. The average molecular weight is 486 g/mol. The smallest absolute Gasteiger partial charge is 0.240 e. The molecule has 6 nitrogen and oxygen atoms in total. The molecule has 0 aromatic heterocycles. The molecule has 0 radical (unpaired) electrons. The fraction of sp³-hybridized carbons (Fsp3) is 0.280. The van der Waals surface area contributed by atoms with Crippen LogP contribution in [0.3, 0.4) is 0 Å². The van der Waals surface area contributed by atoms with E-state index in [1.165, 1.54) is 0 Å². The molecule has 1 aliphatic heterocycles. The van der Waals surface area contributed by atoms with Crippen molar-refractivity contribution in [2.45, 2.75) is 10.9 Å². The van der Waals surface area contributed by atoms with E-state index in [1.54, 1.807) is 24.3 Å². The van der Waals surface area contributed by atoms with Gasteiger partial charge in [-0.25, -0.2) is 13.1 Å². The fourth-order valence-corrected chi connectivity index (χ4v) is 5.13. The monoisotopic (exact) mass is 485 g/mol. The molecular weight excluding hydrogens is 458 g/mol. The number of ether oxygens (including phenoxy) is 1. The largest absolute Gasteiger partial charge is 0.457 e. The highest BCUT2D eigenvalue weighted by Gasteiger charge is 2.26. The molecule has 33 heavy (non-hydrogen) atoms. The lowest BCUT2D eigenvalue weighted by atomic mass is 10.0. The van der Waals surface area contributed by atoms with E-state index in [1.807, 2.05) is 54.6 Å². The van der Waals surface area contributed by atoms with Gasteiger partial charge in [0.2, 0.25) is 10.0 Å². The van der Waals surface area contributed by atoms with Crippen LogP contribution in [-0.4, -0.2) is 58.0 Å². The van der Waals surface area contributed by atoms with Crippen LogP contribution in [0, 0.1) is 0 Å². The van der Waals surface area contributed by atoms with E-state index >= 15 is 0 Å². The molecule has 3 aromatic rings. The van der Waals surface area contributed by atoms with Gasteiger partial charge >= 0.3 is 0 Å². The summed E-state index contributed by atoms with van der Waals surface area (Å²) in [7, 11) is -1.59. The first kappa shape index (κ1) is 23.7. The van der Waals surface area contributed by atoms with Gasteiger partial charge in [-0.2, -0.15) is 0 Å². The summed E-state index contributed by atoms with van der Waals surface area (Å²) < 4.78 is 34.6. The summed E-state index contributed by atoms with van der Waals surface area (Å²) in [5, 5.41) is 0.642. The standard InChI is InChI=1S/C25H28ClN3O3S/c1-28-14-16-29(17-15-28)25(20-6-5-7-21(26)18-20)19-27-33(30,31)24-12-10-23(11-13-24)32-22-8-3-2-4-9-22/h2-13,18,25,27H,14-17,19H2,1H3. The summed E-state index contributed by atoms with van der Waals surface area (Å²) in [4.78, 5) is 4.78. The third kappa shape index (κ3) is 6.34. The number of likely N-dealkylation sites (N-methyl/N-ethyl adjacent to an activating group) is 1. The maximum Gasteiger partial charge on any atom is 0.240 e. The second-order valence-corrected chi connectivity index (χ2v) is 10.4. The maximum atomic E-state index is 13.0. The molecule has 0 spiro atoms. The quantitative estimate of drug-likeness (QED) is 0.512. The number of piperazine rings is 1. The van der Waals surface area contributed by atoms with E-state index in [0.717, 1.165) is 31.7 Å². The highest BCUT2D eigenvalue weighted by atomic mass is 35.5. The van der Waals surface area contributed by atoms with Crippen molar-refractivity contribution in [1.82, 2.24) is 14.5 Å². The first-order valence-electron chi connectivity index (χ1n) is 10.9. The van der Waals surface area contributed by atoms with Gasteiger partial charge in [-0.15, -0.1) is 0 Å². The fourth-order valence-electron chi connectivity index (χ4n) is 3.89. The minimum Gasteiger partial charge on any atom is -0.457 e. The number of nitrogens with zero attached hydrogens (tertiary/aromatic N) is 2. The van der Waals surface area contributed by atoms with Gasteiger partial charge in [-0.1, -0.05) is 41.9 Å². The van der Waals surface area contributed by atoms with E-state index in [4.69, 9.17) is 16.3 Å². The van der Waals surface area contributed by atoms with E-state index in [9.17, 15) is 8.42 Å². The van der Waals surface area contributed by atoms with Crippen LogP contribution < -0.4 is 9.46 Å². The molecule has 0 bridgehead atoms. The van der Waals surface area contributed by atoms with Gasteiger partial charge in [0.1, 0.15) is 11.5 Å². The predicted octanol–water partition coefficient (Wildman–Crippen LogP) is 4.40. The normalized spacial score (nSPS) is 16.4. The Kier molecular flexibility index (Phi) is 7.67. The van der Waals surface area contributed by atoms with Crippen LogP contribution in [0.4, 0.5) is 0 Å². The number of hydrogen-bond acceptors (Lipinski definition) is 5. The van der Waals surface area contributed by atoms with Gasteiger partial charge in [-0.3, -0.25) is 4.90 Å². The van der Waals surface area contributed by atoms with E-state index in [2.05, 4.69) is 21.6 Å². The van der Waals surface area contributed by atoms with Crippen molar-refractivity contribution in [2.24, 2.45) is 0 Å². The first-order chi connectivity index (χ1) is 15.9. The zero-order valence-corrected chi connectivity index (χ0v) is 20.1. The van der Waals surface area contributed by atoms with Crippen molar-refractivity contribution in [3.8, 4) is 11.5 Å². The second kappa shape index (κ2) is 10.7. The molecule has 1 unspecified atom stereocenters. The molecule has 1 atom stereocenters. The molecule has 0 aliphatic carbocycles. The Labute approximate surface area is 200 Å². The zero-order valence-electron chi connectivity index (χ0n) is 18.5. The van der Waals surface area contributed by atoms with Gasteiger partial charge in [0, 0.05) is 43.8 Å². The SMILES string of the molecule is CN1CCN(C(CNS(=O)(=O)c2ccc(Oc3ccccc3)cc2)c2cccc(Cl)c2)CC1. The van der Waals surface area contributed by atoms with Crippen LogP contribution in [-0.2, 0) is 10.0 Å². The van der Waals surface area contributed by atoms with E-state index in [0.29, 0.717) is 16.5 Å². The van der Waals surface area contributed by atoms with Crippen LogP contribution >= 0.6 is 11.6 Å². The lowest BCUT2D eigenvalue weighted by Crippen LogP contribution is -2.48. The number of sulfonamides is 1. The van der Waals surface area contributed by atoms with Crippen molar-refractivity contribution in [1.29, 1.82) is 0 Å². The highest BCUT2D eigenvalue weighted by molar-refractivity contribution is 7.89. The van der Waals surface area contributed by atoms with Gasteiger partial charge in [-0.05, 0) is 61.1 Å². The predicted molar refractivity (Wildman–Crippen MR) is 131 cm³/mol. The van der Waals surface area contributed by atoms with Crippen molar-refractivity contribution in [3.63, 3.8) is 0 Å². The lowest BCUT2D eigenvalue weighted by molar-refractivity contribution is 0.113. The van der Waals surface area contributed by atoms with E-state index < -0.39 is 10.0 Å². The summed E-state index contributed by atoms with van der Waals surface area (Å²) in [6.45, 7) is 3.86. The molecule has 1 heterocycles. The molecule has 0 saturated carbocycles. The third-order valence-electron chi connectivity index (χ3n) is 5.79. The van der Waals surface area contributed by atoms with Gasteiger partial charge in [0.05, 0.1) is 4.90 Å². The van der Waals surface area contributed by atoms with Crippen LogP contribution in [0.25, 0.3) is 0 Å². The number of rotatable bonds is 8. The van der Waals surface area contributed by atoms with Gasteiger partial charge in [0.15, 0.2) is 0 Å². The summed E-state index contributed by atoms with van der Waals surface area (Å²) in [5.74, 6) is 1.28. The first-order valence-corrected chi connectivity index (χ1v) is 12.8. The summed E-state index contributed by atoms with van der Waals surface area (Å²) in [6, 6.07) is 23.4.